The highest BCUT2D eigenvalue weighted by Gasteiger charge is 1.98. The van der Waals surface area contributed by atoms with E-state index in [2.05, 4.69) is 48.5 Å². The van der Waals surface area contributed by atoms with E-state index >= 15 is 0 Å². The molecule has 0 fully saturated rings. The molecule has 0 saturated heterocycles. The Morgan fingerprint density at radius 3 is 1.10 bits per heavy atom. The molecule has 2 heteroatoms. The van der Waals surface area contributed by atoms with Crippen LogP contribution in [0.1, 0.15) is 0 Å². The van der Waals surface area contributed by atoms with Gasteiger partial charge in [0.15, 0.2) is 0 Å². The van der Waals surface area contributed by atoms with Crippen LogP contribution in [0.15, 0.2) is 121 Å². The minimum absolute atomic E-state index is 0.515. The van der Waals surface area contributed by atoms with Crippen LogP contribution in [0, 0.1) is 0 Å². The molecule has 0 bridgehead atoms. The van der Waals surface area contributed by atoms with Crippen LogP contribution in [0.4, 0.5) is 0 Å². The van der Waals surface area contributed by atoms with Gasteiger partial charge in [-0.25, -0.2) is 0 Å². The molecule has 4 rings (SSSR count). The molecular weight excluding hydrogens is 368 g/mol. The van der Waals surface area contributed by atoms with E-state index in [4.69, 9.17) is 9.47 Å². The van der Waals surface area contributed by atoms with Gasteiger partial charge in [-0.1, -0.05) is 84.9 Å². The smallest absolute Gasteiger partial charge is 0.119 e. The largest absolute Gasteiger partial charge is 0.490 e. The lowest BCUT2D eigenvalue weighted by Gasteiger charge is -2.06. The van der Waals surface area contributed by atoms with Crippen LogP contribution >= 0.6 is 0 Å². The number of ether oxygens (including phenoxy) is 2. The third-order valence-electron chi connectivity index (χ3n) is 4.78. The third kappa shape index (κ3) is 5.39. The fourth-order valence-corrected chi connectivity index (χ4v) is 3.17. The molecule has 4 aromatic rings. The van der Waals surface area contributed by atoms with E-state index in [1.807, 2.05) is 72.8 Å². The Kier molecular flexibility index (Phi) is 6.59. The van der Waals surface area contributed by atoms with Crippen LogP contribution in [0.3, 0.4) is 0 Å². The van der Waals surface area contributed by atoms with Gasteiger partial charge in [-0.15, -0.1) is 0 Å². The first-order chi connectivity index (χ1) is 14.9. The molecule has 0 aliphatic heterocycles. The van der Waals surface area contributed by atoms with Crippen molar-refractivity contribution in [2.24, 2.45) is 0 Å². The standard InChI is InChI=1S/C28H24O2/c1-3-9-23(10-4-1)25-13-17-27(18-14-25)29-21-7-8-22-30-28-19-15-26(16-20-28)24-11-5-2-6-12-24/h1-20H,21-22H2/b8-7-. The van der Waals surface area contributed by atoms with Crippen molar-refractivity contribution >= 4 is 0 Å². The quantitative estimate of drug-likeness (QED) is 0.300. The lowest BCUT2D eigenvalue weighted by Crippen LogP contribution is -1.96. The summed E-state index contributed by atoms with van der Waals surface area (Å²) in [6, 6.07) is 37.0. The highest BCUT2D eigenvalue weighted by Crippen LogP contribution is 2.23. The molecule has 0 aliphatic carbocycles. The van der Waals surface area contributed by atoms with Gasteiger partial charge in [0.1, 0.15) is 24.7 Å². The Hall–Kier alpha value is -3.78. The molecule has 0 aromatic heterocycles. The van der Waals surface area contributed by atoms with Crippen molar-refractivity contribution in [2.45, 2.75) is 0 Å². The van der Waals surface area contributed by atoms with E-state index in [0.29, 0.717) is 13.2 Å². The average molecular weight is 392 g/mol. The van der Waals surface area contributed by atoms with E-state index in [9.17, 15) is 0 Å². The molecule has 4 aromatic carbocycles. The second-order valence-electron chi connectivity index (χ2n) is 6.87. The van der Waals surface area contributed by atoms with E-state index in [-0.39, 0.29) is 0 Å². The first-order valence-electron chi connectivity index (χ1n) is 10.1. The molecule has 0 atom stereocenters. The van der Waals surface area contributed by atoms with Crippen molar-refractivity contribution in [3.8, 4) is 33.8 Å². The molecule has 0 amide bonds. The van der Waals surface area contributed by atoms with Crippen molar-refractivity contribution in [3.05, 3.63) is 121 Å². The Morgan fingerprint density at radius 1 is 0.400 bits per heavy atom. The second-order valence-corrected chi connectivity index (χ2v) is 6.87. The number of hydrogen-bond acceptors (Lipinski definition) is 2. The van der Waals surface area contributed by atoms with Gasteiger partial charge < -0.3 is 9.47 Å². The van der Waals surface area contributed by atoms with Crippen LogP contribution in [-0.2, 0) is 0 Å². The minimum Gasteiger partial charge on any atom is -0.490 e. The summed E-state index contributed by atoms with van der Waals surface area (Å²) in [5.41, 5.74) is 4.78. The fourth-order valence-electron chi connectivity index (χ4n) is 3.17. The normalized spacial score (nSPS) is 10.8. The zero-order valence-electron chi connectivity index (χ0n) is 16.8. The topological polar surface area (TPSA) is 18.5 Å². The van der Waals surface area contributed by atoms with Crippen molar-refractivity contribution in [3.63, 3.8) is 0 Å². The average Bonchev–Trinajstić information content (AvgIpc) is 2.83. The molecule has 0 unspecified atom stereocenters. The Bertz CT molecular complexity index is 962. The fraction of sp³-hybridized carbons (Fsp3) is 0.0714. The predicted molar refractivity (Wildman–Crippen MR) is 124 cm³/mol. The van der Waals surface area contributed by atoms with Crippen LogP contribution in [0.5, 0.6) is 11.5 Å². The molecular formula is C28H24O2. The summed E-state index contributed by atoms with van der Waals surface area (Å²) < 4.78 is 11.5. The van der Waals surface area contributed by atoms with Gasteiger partial charge >= 0.3 is 0 Å². The lowest BCUT2D eigenvalue weighted by molar-refractivity contribution is 0.350. The van der Waals surface area contributed by atoms with Gasteiger partial charge in [0.2, 0.25) is 0 Å². The van der Waals surface area contributed by atoms with Crippen LogP contribution in [0.2, 0.25) is 0 Å². The summed E-state index contributed by atoms with van der Waals surface area (Å²) in [6.07, 6.45) is 3.95. The van der Waals surface area contributed by atoms with Gasteiger partial charge in [-0.05, 0) is 58.7 Å². The molecule has 0 spiro atoms. The number of rotatable bonds is 8. The monoisotopic (exact) mass is 392 g/mol. The molecule has 0 radical (unpaired) electrons. The van der Waals surface area contributed by atoms with E-state index in [0.717, 1.165) is 11.5 Å². The Morgan fingerprint density at radius 2 is 0.733 bits per heavy atom. The van der Waals surface area contributed by atoms with Crippen LogP contribution < -0.4 is 9.47 Å². The zero-order valence-corrected chi connectivity index (χ0v) is 16.8. The Balaban J connectivity index is 1.20. The summed E-state index contributed by atoms with van der Waals surface area (Å²) in [7, 11) is 0. The van der Waals surface area contributed by atoms with E-state index in [1.165, 1.54) is 22.3 Å². The zero-order chi connectivity index (χ0) is 20.4. The second kappa shape index (κ2) is 10.1. The Labute approximate surface area is 178 Å². The van der Waals surface area contributed by atoms with Gasteiger partial charge in [0.25, 0.3) is 0 Å². The van der Waals surface area contributed by atoms with Crippen molar-refractivity contribution in [1.29, 1.82) is 0 Å². The molecule has 0 aliphatic rings. The molecule has 2 nitrogen and oxygen atoms in total. The predicted octanol–water partition coefficient (Wildman–Crippen LogP) is 7.03. The first kappa shape index (κ1) is 19.5. The van der Waals surface area contributed by atoms with Crippen LogP contribution in [-0.4, -0.2) is 13.2 Å². The van der Waals surface area contributed by atoms with Crippen molar-refractivity contribution in [2.75, 3.05) is 13.2 Å². The summed E-state index contributed by atoms with van der Waals surface area (Å²) in [5.74, 6) is 1.72. The SMILES string of the molecule is C(=C/COc1ccc(-c2ccccc2)cc1)/COc1ccc(-c2ccccc2)cc1. The third-order valence-corrected chi connectivity index (χ3v) is 4.78. The van der Waals surface area contributed by atoms with E-state index in [1.54, 1.807) is 0 Å². The van der Waals surface area contributed by atoms with Crippen LogP contribution in [0.25, 0.3) is 22.3 Å². The first-order valence-corrected chi connectivity index (χ1v) is 10.1. The molecule has 148 valence electrons. The maximum absolute atomic E-state index is 5.77. The summed E-state index contributed by atoms with van der Waals surface area (Å²) in [4.78, 5) is 0. The van der Waals surface area contributed by atoms with E-state index < -0.39 is 0 Å². The molecule has 30 heavy (non-hydrogen) atoms. The van der Waals surface area contributed by atoms with Gasteiger partial charge in [0, 0.05) is 0 Å². The van der Waals surface area contributed by atoms with Gasteiger partial charge in [0.05, 0.1) is 0 Å². The number of benzene rings is 4. The molecule has 0 N–H and O–H groups in total. The molecule has 0 heterocycles. The van der Waals surface area contributed by atoms with Crippen molar-refractivity contribution in [1.82, 2.24) is 0 Å². The summed E-state index contributed by atoms with van der Waals surface area (Å²) in [6.45, 7) is 1.03. The lowest BCUT2D eigenvalue weighted by atomic mass is 10.1. The number of hydrogen-bond donors (Lipinski definition) is 0. The summed E-state index contributed by atoms with van der Waals surface area (Å²) in [5, 5.41) is 0. The maximum atomic E-state index is 5.77. The highest BCUT2D eigenvalue weighted by molar-refractivity contribution is 5.64. The van der Waals surface area contributed by atoms with Gasteiger partial charge in [-0.2, -0.15) is 0 Å². The van der Waals surface area contributed by atoms with Gasteiger partial charge in [-0.3, -0.25) is 0 Å². The summed E-state index contributed by atoms with van der Waals surface area (Å²) >= 11 is 0. The highest BCUT2D eigenvalue weighted by atomic mass is 16.5. The maximum Gasteiger partial charge on any atom is 0.119 e. The molecule has 0 saturated carbocycles. The minimum atomic E-state index is 0.515. The van der Waals surface area contributed by atoms with Crippen molar-refractivity contribution < 1.29 is 9.47 Å².